The zero-order chi connectivity index (χ0) is 20.3. The van der Waals surface area contributed by atoms with Crippen molar-refractivity contribution in [2.45, 2.75) is 45.6 Å². The van der Waals surface area contributed by atoms with Gasteiger partial charge in [-0.2, -0.15) is 0 Å². The number of hydrogen-bond donors (Lipinski definition) is 0. The van der Waals surface area contributed by atoms with Gasteiger partial charge in [-0.05, 0) is 45.7 Å². The quantitative estimate of drug-likeness (QED) is 0.435. The second kappa shape index (κ2) is 8.00. The molecule has 0 amide bonds. The monoisotopic (exact) mass is 383 g/mol. The van der Waals surface area contributed by atoms with Gasteiger partial charge < -0.3 is 14.0 Å². The maximum atomic E-state index is 13.0. The van der Waals surface area contributed by atoms with Gasteiger partial charge in [0, 0.05) is 17.8 Å². The molecule has 1 aromatic carbocycles. The largest absolute Gasteiger partial charge is 0.465 e. The molecule has 0 N–H and O–H groups in total. The van der Waals surface area contributed by atoms with Crippen LogP contribution < -0.4 is 0 Å². The van der Waals surface area contributed by atoms with Crippen LogP contribution in [-0.4, -0.2) is 35.5 Å². The summed E-state index contributed by atoms with van der Waals surface area (Å²) < 4.78 is 12.2. The fourth-order valence-corrected chi connectivity index (χ4v) is 3.77. The van der Waals surface area contributed by atoms with Crippen LogP contribution in [0.25, 0.3) is 0 Å². The van der Waals surface area contributed by atoms with Crippen molar-refractivity contribution in [2.75, 3.05) is 13.2 Å². The smallest absolute Gasteiger partial charge is 0.329 e. The number of aromatic nitrogens is 1. The number of ether oxygens (including phenoxy) is 2. The van der Waals surface area contributed by atoms with Crippen LogP contribution in [0.3, 0.4) is 0 Å². The molecule has 3 rings (SSSR count). The number of hydrogen-bond acceptors (Lipinski definition) is 5. The third-order valence-electron chi connectivity index (χ3n) is 5.15. The summed E-state index contributed by atoms with van der Waals surface area (Å²) in [5, 5.41) is 0. The van der Waals surface area contributed by atoms with Crippen LogP contribution in [0.15, 0.2) is 36.4 Å². The predicted molar refractivity (Wildman–Crippen MR) is 103 cm³/mol. The number of rotatable bonds is 6. The topological polar surface area (TPSA) is 74.6 Å². The van der Waals surface area contributed by atoms with Gasteiger partial charge in [0.05, 0.1) is 18.9 Å². The van der Waals surface area contributed by atoms with Crippen molar-refractivity contribution < 1.29 is 23.9 Å². The zero-order valence-electron chi connectivity index (χ0n) is 16.5. The van der Waals surface area contributed by atoms with Crippen LogP contribution in [-0.2, 0) is 31.0 Å². The molecule has 0 fully saturated rings. The molecule has 6 nitrogen and oxygen atoms in total. The third kappa shape index (κ3) is 3.23. The number of carbonyl (C=O) groups is 3. The zero-order valence-corrected chi connectivity index (χ0v) is 16.5. The molecule has 0 saturated carbocycles. The van der Waals surface area contributed by atoms with Crippen molar-refractivity contribution in [3.63, 3.8) is 0 Å². The van der Waals surface area contributed by atoms with Gasteiger partial charge in [-0.1, -0.05) is 29.8 Å². The molecular formula is C22H25NO5. The van der Waals surface area contributed by atoms with Crippen LogP contribution in [0.1, 0.15) is 54.0 Å². The highest BCUT2D eigenvalue weighted by atomic mass is 16.6. The van der Waals surface area contributed by atoms with Gasteiger partial charge in [-0.3, -0.25) is 14.4 Å². The number of nitrogens with zero attached hydrogens (tertiary/aromatic N) is 1. The van der Waals surface area contributed by atoms with Gasteiger partial charge in [0.2, 0.25) is 11.2 Å². The van der Waals surface area contributed by atoms with E-state index in [1.807, 2.05) is 19.1 Å². The van der Waals surface area contributed by atoms with Crippen molar-refractivity contribution >= 4 is 17.7 Å². The molecule has 0 unspecified atom stereocenters. The summed E-state index contributed by atoms with van der Waals surface area (Å²) in [6, 6.07) is 10.7. The average Bonchev–Trinajstić information content (AvgIpc) is 3.12. The first-order chi connectivity index (χ1) is 13.5. The molecule has 0 saturated heterocycles. The van der Waals surface area contributed by atoms with Gasteiger partial charge in [-0.25, -0.2) is 0 Å². The Morgan fingerprint density at radius 3 is 2.14 bits per heavy atom. The highest BCUT2D eigenvalue weighted by Crippen LogP contribution is 2.38. The Morgan fingerprint density at radius 1 is 0.964 bits per heavy atom. The predicted octanol–water partition coefficient (Wildman–Crippen LogP) is 3.19. The second-order valence-corrected chi connectivity index (χ2v) is 6.90. The van der Waals surface area contributed by atoms with E-state index in [1.165, 1.54) is 0 Å². The lowest BCUT2D eigenvalue weighted by Gasteiger charge is -2.34. The molecule has 2 aromatic rings. The molecule has 1 aromatic heterocycles. The lowest BCUT2D eigenvalue weighted by molar-refractivity contribution is -0.166. The molecule has 1 aliphatic rings. The minimum absolute atomic E-state index is 0.144. The van der Waals surface area contributed by atoms with Gasteiger partial charge in [0.1, 0.15) is 0 Å². The van der Waals surface area contributed by atoms with E-state index in [4.69, 9.17) is 9.47 Å². The molecule has 0 aliphatic carbocycles. The van der Waals surface area contributed by atoms with Crippen molar-refractivity contribution in [3.05, 3.63) is 58.9 Å². The van der Waals surface area contributed by atoms with E-state index in [2.05, 4.69) is 0 Å². The van der Waals surface area contributed by atoms with Gasteiger partial charge in [-0.15, -0.1) is 0 Å². The summed E-state index contributed by atoms with van der Waals surface area (Å²) in [5.74, 6) is -1.39. The SMILES string of the molecule is CCOC(=O)C1(C(=O)OCC)CCCn2c(C(=O)c3ccc(C)cc3)ccc21. The van der Waals surface area contributed by atoms with E-state index in [0.717, 1.165) is 5.56 Å². The summed E-state index contributed by atoms with van der Waals surface area (Å²) >= 11 is 0. The maximum Gasteiger partial charge on any atom is 0.329 e. The lowest BCUT2D eigenvalue weighted by atomic mass is 9.77. The van der Waals surface area contributed by atoms with Gasteiger partial charge in [0.25, 0.3) is 0 Å². The lowest BCUT2D eigenvalue weighted by Crippen LogP contribution is -2.49. The first-order valence-corrected chi connectivity index (χ1v) is 9.61. The third-order valence-corrected chi connectivity index (χ3v) is 5.15. The van der Waals surface area contributed by atoms with Crippen LogP contribution >= 0.6 is 0 Å². The molecule has 0 atom stereocenters. The Morgan fingerprint density at radius 2 is 1.57 bits per heavy atom. The minimum atomic E-state index is -1.53. The molecule has 148 valence electrons. The summed E-state index contributed by atoms with van der Waals surface area (Å²) in [5.41, 5.74) is 1.02. The molecule has 6 heteroatoms. The molecular weight excluding hydrogens is 358 g/mol. The molecule has 0 bridgehead atoms. The van der Waals surface area contributed by atoms with Crippen molar-refractivity contribution in [3.8, 4) is 0 Å². The fourth-order valence-electron chi connectivity index (χ4n) is 3.77. The highest BCUT2D eigenvalue weighted by Gasteiger charge is 2.54. The van der Waals surface area contributed by atoms with Crippen LogP contribution in [0.2, 0.25) is 0 Å². The number of aryl methyl sites for hydroxylation is 1. The standard InChI is InChI=1S/C22H25NO5/c1-4-27-20(25)22(21(26)28-5-2)13-6-14-23-17(11-12-18(22)23)19(24)16-9-7-15(3)8-10-16/h7-12H,4-6,13-14H2,1-3H3. The number of fused-ring (bicyclic) bond motifs is 1. The van der Waals surface area contributed by atoms with E-state index in [1.54, 1.807) is 42.7 Å². The van der Waals surface area contributed by atoms with Crippen molar-refractivity contribution in [1.29, 1.82) is 0 Å². The second-order valence-electron chi connectivity index (χ2n) is 6.90. The van der Waals surface area contributed by atoms with Gasteiger partial charge in [0.15, 0.2) is 0 Å². The Labute approximate surface area is 164 Å². The average molecular weight is 383 g/mol. The van der Waals surface area contributed by atoms with E-state index < -0.39 is 17.4 Å². The number of esters is 2. The summed E-state index contributed by atoms with van der Waals surface area (Å²) in [6.45, 7) is 6.23. The Bertz CT molecular complexity index is 876. The van der Waals surface area contributed by atoms with Crippen LogP contribution in [0, 0.1) is 6.92 Å². The Hall–Kier alpha value is -2.89. The minimum Gasteiger partial charge on any atom is -0.465 e. The molecule has 28 heavy (non-hydrogen) atoms. The van der Waals surface area contributed by atoms with Crippen LogP contribution in [0.4, 0.5) is 0 Å². The van der Waals surface area contributed by atoms with E-state index in [0.29, 0.717) is 36.3 Å². The molecule has 2 heterocycles. The van der Waals surface area contributed by atoms with E-state index in [9.17, 15) is 14.4 Å². The maximum absolute atomic E-state index is 13.0. The van der Waals surface area contributed by atoms with E-state index >= 15 is 0 Å². The summed E-state index contributed by atoms with van der Waals surface area (Å²) in [7, 11) is 0. The highest BCUT2D eigenvalue weighted by molar-refractivity contribution is 6.10. The molecule has 0 spiro atoms. The Kier molecular flexibility index (Phi) is 5.68. The van der Waals surface area contributed by atoms with Crippen molar-refractivity contribution in [2.24, 2.45) is 0 Å². The fraction of sp³-hybridized carbons (Fsp3) is 0.409. The number of benzene rings is 1. The van der Waals surface area contributed by atoms with Crippen LogP contribution in [0.5, 0.6) is 0 Å². The van der Waals surface area contributed by atoms with Crippen molar-refractivity contribution in [1.82, 2.24) is 4.57 Å². The summed E-state index contributed by atoms with van der Waals surface area (Å²) in [6.07, 6.45) is 0.861. The van der Waals surface area contributed by atoms with E-state index in [-0.39, 0.29) is 19.0 Å². The normalized spacial score (nSPS) is 14.8. The Balaban J connectivity index is 2.08. The molecule has 1 aliphatic heterocycles. The first kappa shape index (κ1) is 19.9. The molecule has 0 radical (unpaired) electrons. The summed E-state index contributed by atoms with van der Waals surface area (Å²) in [4.78, 5) is 38.8. The number of carbonyl (C=O) groups excluding carboxylic acids is 3. The number of ketones is 1. The first-order valence-electron chi connectivity index (χ1n) is 9.61. The van der Waals surface area contributed by atoms with Gasteiger partial charge >= 0.3 is 11.9 Å².